The molecule has 2 rings (SSSR count). The highest BCUT2D eigenvalue weighted by molar-refractivity contribution is 6.74. The summed E-state index contributed by atoms with van der Waals surface area (Å²) in [5, 5.41) is 0. The molecule has 6 heteroatoms. The van der Waals surface area contributed by atoms with E-state index < -0.39 is 12.4 Å². The maximum absolute atomic E-state index is 12.9. The topological polar surface area (TPSA) is 22.1 Å². The Morgan fingerprint density at radius 1 is 1.16 bits per heavy atom. The molecule has 0 aliphatic heterocycles. The van der Waals surface area contributed by atoms with Crippen molar-refractivity contribution in [2.45, 2.75) is 13.5 Å². The zero-order chi connectivity index (χ0) is 13.9. The van der Waals surface area contributed by atoms with Crippen LogP contribution in [-0.2, 0) is 6.61 Å². The van der Waals surface area contributed by atoms with Gasteiger partial charge in [-0.25, -0.2) is 0 Å². The standard InChI is InChI=1S/C13H12BF3NO/c1-10-5-6-13(12(8-10)14(15,16)17)19-9-11-4-2-3-7-18-11/h2-8H,9H2,1H3/q-1. The quantitative estimate of drug-likeness (QED) is 0.793. The molecule has 0 N–H and O–H groups in total. The summed E-state index contributed by atoms with van der Waals surface area (Å²) >= 11 is 0. The first-order chi connectivity index (χ1) is 8.97. The highest BCUT2D eigenvalue weighted by Gasteiger charge is 2.29. The Balaban J connectivity index is 2.21. The van der Waals surface area contributed by atoms with E-state index in [-0.39, 0.29) is 12.4 Å². The molecule has 0 radical (unpaired) electrons. The third-order valence-electron chi connectivity index (χ3n) is 2.62. The fraction of sp³-hybridized carbons (Fsp3) is 0.154. The Morgan fingerprint density at radius 3 is 2.58 bits per heavy atom. The van der Waals surface area contributed by atoms with Gasteiger partial charge < -0.3 is 17.7 Å². The first-order valence-electron chi connectivity index (χ1n) is 5.80. The predicted octanol–water partition coefficient (Wildman–Crippen LogP) is 3.02. The van der Waals surface area contributed by atoms with E-state index in [1.807, 2.05) is 0 Å². The van der Waals surface area contributed by atoms with Crippen molar-refractivity contribution >= 4 is 12.4 Å². The fourth-order valence-electron chi connectivity index (χ4n) is 1.69. The zero-order valence-corrected chi connectivity index (χ0v) is 10.3. The summed E-state index contributed by atoms with van der Waals surface area (Å²) in [6.45, 7) is -3.45. The largest absolute Gasteiger partial charge is 0.513 e. The maximum Gasteiger partial charge on any atom is 0.513 e. The van der Waals surface area contributed by atoms with Crippen molar-refractivity contribution in [2.24, 2.45) is 0 Å². The molecule has 2 nitrogen and oxygen atoms in total. The minimum Gasteiger partial charge on any atom is -0.490 e. The molecule has 1 heterocycles. The van der Waals surface area contributed by atoms with Gasteiger partial charge >= 0.3 is 6.98 Å². The Labute approximate surface area is 109 Å². The molecule has 0 saturated carbocycles. The molecule has 0 aliphatic carbocycles. The second-order valence-corrected chi connectivity index (χ2v) is 4.23. The lowest BCUT2D eigenvalue weighted by Gasteiger charge is -2.20. The molecule has 1 aromatic carbocycles. The molecule has 100 valence electrons. The van der Waals surface area contributed by atoms with Crippen LogP contribution in [0.1, 0.15) is 11.3 Å². The Kier molecular flexibility index (Phi) is 3.78. The van der Waals surface area contributed by atoms with Crippen LogP contribution in [-0.4, -0.2) is 12.0 Å². The van der Waals surface area contributed by atoms with E-state index in [9.17, 15) is 12.9 Å². The van der Waals surface area contributed by atoms with Crippen LogP contribution in [0.15, 0.2) is 42.6 Å². The summed E-state index contributed by atoms with van der Waals surface area (Å²) in [5.74, 6) is -0.149. The van der Waals surface area contributed by atoms with Crippen molar-refractivity contribution in [1.82, 2.24) is 4.98 Å². The lowest BCUT2D eigenvalue weighted by atomic mass is 9.78. The number of pyridine rings is 1. The van der Waals surface area contributed by atoms with E-state index >= 15 is 0 Å². The number of aromatic nitrogens is 1. The molecule has 0 spiro atoms. The Bertz CT molecular complexity index is 558. The zero-order valence-electron chi connectivity index (χ0n) is 10.3. The van der Waals surface area contributed by atoms with Gasteiger partial charge in [0.1, 0.15) is 6.61 Å². The van der Waals surface area contributed by atoms with Gasteiger partial charge in [0.25, 0.3) is 0 Å². The number of hydrogen-bond acceptors (Lipinski definition) is 2. The molecular formula is C13H12BF3NO-. The van der Waals surface area contributed by atoms with Crippen LogP contribution in [0, 0.1) is 6.92 Å². The van der Waals surface area contributed by atoms with Crippen LogP contribution in [0.25, 0.3) is 0 Å². The van der Waals surface area contributed by atoms with E-state index in [2.05, 4.69) is 4.98 Å². The van der Waals surface area contributed by atoms with E-state index in [1.165, 1.54) is 6.07 Å². The Morgan fingerprint density at radius 2 is 1.95 bits per heavy atom. The van der Waals surface area contributed by atoms with Crippen molar-refractivity contribution in [2.75, 3.05) is 0 Å². The van der Waals surface area contributed by atoms with Gasteiger partial charge in [0, 0.05) is 6.20 Å². The van der Waals surface area contributed by atoms with E-state index in [0.717, 1.165) is 6.07 Å². The number of benzene rings is 1. The van der Waals surface area contributed by atoms with Gasteiger partial charge in [-0.2, -0.15) is 0 Å². The number of hydrogen-bond donors (Lipinski definition) is 0. The average Bonchev–Trinajstić information content (AvgIpc) is 2.37. The van der Waals surface area contributed by atoms with Gasteiger partial charge in [-0.15, -0.1) is 0 Å². The van der Waals surface area contributed by atoms with Crippen LogP contribution in [0.2, 0.25) is 0 Å². The summed E-state index contributed by atoms with van der Waals surface area (Å²) in [4.78, 5) is 4.00. The summed E-state index contributed by atoms with van der Waals surface area (Å²) < 4.78 is 44.0. The first-order valence-corrected chi connectivity index (χ1v) is 5.80. The molecule has 0 bridgehead atoms. The third-order valence-corrected chi connectivity index (χ3v) is 2.62. The van der Waals surface area contributed by atoms with E-state index in [1.54, 1.807) is 37.4 Å². The van der Waals surface area contributed by atoms with Crippen molar-refractivity contribution in [1.29, 1.82) is 0 Å². The van der Waals surface area contributed by atoms with Crippen LogP contribution in [0.4, 0.5) is 12.9 Å². The SMILES string of the molecule is Cc1ccc(OCc2ccccn2)c([B-](F)(F)F)c1. The summed E-state index contributed by atoms with van der Waals surface area (Å²) in [6, 6.07) is 9.25. The second kappa shape index (κ2) is 5.34. The van der Waals surface area contributed by atoms with Gasteiger partial charge in [-0.05, 0) is 25.1 Å². The monoisotopic (exact) mass is 266 g/mol. The van der Waals surface area contributed by atoms with Gasteiger partial charge in [-0.3, -0.25) is 4.98 Å². The van der Waals surface area contributed by atoms with Gasteiger partial charge in [0.2, 0.25) is 0 Å². The summed E-state index contributed by atoms with van der Waals surface area (Å²) in [5.41, 5.74) is 0.444. The first kappa shape index (κ1) is 13.5. The van der Waals surface area contributed by atoms with Crippen LogP contribution >= 0.6 is 0 Å². The highest BCUT2D eigenvalue weighted by Crippen LogP contribution is 2.19. The molecule has 1 aromatic heterocycles. The molecule has 0 atom stereocenters. The molecular weight excluding hydrogens is 254 g/mol. The van der Waals surface area contributed by atoms with E-state index in [4.69, 9.17) is 4.74 Å². The molecule has 0 amide bonds. The molecule has 2 aromatic rings. The normalized spacial score (nSPS) is 11.4. The van der Waals surface area contributed by atoms with Crippen molar-refractivity contribution in [3.63, 3.8) is 0 Å². The molecule has 0 unspecified atom stereocenters. The predicted molar refractivity (Wildman–Crippen MR) is 68.5 cm³/mol. The molecule has 0 fully saturated rings. The van der Waals surface area contributed by atoms with Gasteiger partial charge in [0.05, 0.1) is 11.4 Å². The summed E-state index contributed by atoms with van der Waals surface area (Å²) in [7, 11) is 0. The number of aryl methyl sites for hydroxylation is 1. The lowest BCUT2D eigenvalue weighted by Crippen LogP contribution is -2.35. The number of nitrogens with zero attached hydrogens (tertiary/aromatic N) is 1. The average molecular weight is 266 g/mol. The minimum atomic E-state index is -5.09. The highest BCUT2D eigenvalue weighted by atomic mass is 19.4. The lowest BCUT2D eigenvalue weighted by molar-refractivity contribution is 0.302. The molecule has 0 aliphatic rings. The second-order valence-electron chi connectivity index (χ2n) is 4.23. The minimum absolute atomic E-state index is 0.0169. The van der Waals surface area contributed by atoms with Crippen LogP contribution in [0.3, 0.4) is 0 Å². The number of rotatable bonds is 4. The number of ether oxygens (including phenoxy) is 1. The maximum atomic E-state index is 12.9. The van der Waals surface area contributed by atoms with Gasteiger partial charge in [0.15, 0.2) is 0 Å². The third kappa shape index (κ3) is 3.50. The number of halogens is 3. The van der Waals surface area contributed by atoms with Crippen LogP contribution < -0.4 is 10.2 Å². The van der Waals surface area contributed by atoms with Crippen molar-refractivity contribution < 1.29 is 17.7 Å². The van der Waals surface area contributed by atoms with E-state index in [0.29, 0.717) is 11.3 Å². The Hall–Kier alpha value is -1.98. The fourth-order valence-corrected chi connectivity index (χ4v) is 1.69. The smallest absolute Gasteiger partial charge is 0.490 e. The van der Waals surface area contributed by atoms with Gasteiger partial charge in [-0.1, -0.05) is 29.2 Å². The summed E-state index contributed by atoms with van der Waals surface area (Å²) in [6.07, 6.45) is 1.57. The van der Waals surface area contributed by atoms with Crippen LogP contribution in [0.5, 0.6) is 5.75 Å². The van der Waals surface area contributed by atoms with Crippen molar-refractivity contribution in [3.8, 4) is 5.75 Å². The van der Waals surface area contributed by atoms with Crippen molar-refractivity contribution in [3.05, 3.63) is 53.9 Å². The molecule has 0 saturated heterocycles. The molecule has 19 heavy (non-hydrogen) atoms.